The number of carbonyl (C=O) groups excluding carboxylic acids is 1. The van der Waals surface area contributed by atoms with Crippen molar-refractivity contribution in [1.29, 1.82) is 0 Å². The summed E-state index contributed by atoms with van der Waals surface area (Å²) in [6.45, 7) is 4.63. The molecular weight excluding hydrogens is 510 g/mol. The third kappa shape index (κ3) is 6.57. The maximum absolute atomic E-state index is 13.4. The number of hydrogen-bond donors (Lipinski definition) is 1. The van der Waals surface area contributed by atoms with Crippen LogP contribution in [0.15, 0.2) is 66.9 Å². The normalized spacial score (nSPS) is 15.6. The number of carbonyl (C=O) groups is 1. The monoisotopic (exact) mass is 545 g/mol. The Morgan fingerprint density at radius 3 is 2.59 bits per heavy atom. The standard InChI is InChI=1S/C32H36ClN3O3/c1-3-23-11-10-12-26-24(20-35(2)32(23)26)21-36-17-8-4-5-9-18-38-29-13-6-7-14-30(29)39-28-16-15-25(33)19-27(28)34-31(37)22-36/h6-7,10-16,19-20H,3-5,8-9,17-18,21-22H2,1-2H3,(H,34,37). The van der Waals surface area contributed by atoms with Gasteiger partial charge in [0.15, 0.2) is 17.2 Å². The number of nitrogens with zero attached hydrogens (tertiary/aromatic N) is 2. The van der Waals surface area contributed by atoms with Gasteiger partial charge in [-0.2, -0.15) is 0 Å². The van der Waals surface area contributed by atoms with Crippen LogP contribution >= 0.6 is 11.6 Å². The van der Waals surface area contributed by atoms with Crippen LogP contribution < -0.4 is 14.8 Å². The molecule has 39 heavy (non-hydrogen) atoms. The lowest BCUT2D eigenvalue weighted by Crippen LogP contribution is -2.33. The fourth-order valence-electron chi connectivity index (χ4n) is 5.33. The molecule has 3 aromatic carbocycles. The number of halogens is 1. The summed E-state index contributed by atoms with van der Waals surface area (Å²) in [5.41, 5.74) is 4.38. The number of ether oxygens (including phenoxy) is 2. The van der Waals surface area contributed by atoms with Gasteiger partial charge in [0.1, 0.15) is 0 Å². The molecule has 0 unspecified atom stereocenters. The van der Waals surface area contributed by atoms with Gasteiger partial charge in [0.2, 0.25) is 5.91 Å². The van der Waals surface area contributed by atoms with E-state index in [0.717, 1.165) is 38.6 Å². The van der Waals surface area contributed by atoms with E-state index < -0.39 is 0 Å². The summed E-state index contributed by atoms with van der Waals surface area (Å²) in [6, 6.07) is 19.4. The van der Waals surface area contributed by atoms with Crippen LogP contribution in [0.5, 0.6) is 17.2 Å². The number of aryl methyl sites for hydroxylation is 2. The Kier molecular flexibility index (Phi) is 8.74. The average Bonchev–Trinajstić information content (AvgIpc) is 3.24. The maximum Gasteiger partial charge on any atom is 0.238 e. The van der Waals surface area contributed by atoms with Crippen LogP contribution in [0.4, 0.5) is 5.69 Å². The van der Waals surface area contributed by atoms with Gasteiger partial charge in [-0.15, -0.1) is 0 Å². The van der Waals surface area contributed by atoms with Gasteiger partial charge in [0, 0.05) is 30.2 Å². The van der Waals surface area contributed by atoms with E-state index in [9.17, 15) is 4.79 Å². The minimum atomic E-state index is -0.103. The second kappa shape index (κ2) is 12.6. The van der Waals surface area contributed by atoms with Gasteiger partial charge in [0.25, 0.3) is 0 Å². The first-order chi connectivity index (χ1) is 19.0. The van der Waals surface area contributed by atoms with Crippen molar-refractivity contribution < 1.29 is 14.3 Å². The number of aromatic nitrogens is 1. The lowest BCUT2D eigenvalue weighted by atomic mass is 10.1. The van der Waals surface area contributed by atoms with Crippen LogP contribution in [-0.2, 0) is 24.8 Å². The van der Waals surface area contributed by atoms with Gasteiger partial charge in [-0.05, 0) is 67.3 Å². The molecule has 0 aliphatic carbocycles. The van der Waals surface area contributed by atoms with E-state index in [4.69, 9.17) is 21.1 Å². The third-order valence-electron chi connectivity index (χ3n) is 7.22. The molecule has 0 atom stereocenters. The highest BCUT2D eigenvalue weighted by Crippen LogP contribution is 2.37. The molecule has 0 saturated heterocycles. The third-order valence-corrected chi connectivity index (χ3v) is 7.46. The van der Waals surface area contributed by atoms with E-state index in [1.807, 2.05) is 24.3 Å². The number of benzene rings is 3. The minimum absolute atomic E-state index is 0.103. The van der Waals surface area contributed by atoms with Crippen molar-refractivity contribution in [3.8, 4) is 17.2 Å². The van der Waals surface area contributed by atoms with Crippen molar-refractivity contribution in [3.63, 3.8) is 0 Å². The van der Waals surface area contributed by atoms with Crippen LogP contribution in [0.3, 0.4) is 0 Å². The first-order valence-corrected chi connectivity index (χ1v) is 14.2. The summed E-state index contributed by atoms with van der Waals surface area (Å²) >= 11 is 6.31. The molecule has 6 nitrogen and oxygen atoms in total. The summed E-state index contributed by atoms with van der Waals surface area (Å²) in [7, 11) is 2.10. The number of hydrogen-bond acceptors (Lipinski definition) is 4. The van der Waals surface area contributed by atoms with E-state index in [-0.39, 0.29) is 12.5 Å². The molecule has 2 heterocycles. The lowest BCUT2D eigenvalue weighted by Gasteiger charge is -2.23. The molecule has 0 fully saturated rings. The molecule has 1 aliphatic heterocycles. The zero-order valence-electron chi connectivity index (χ0n) is 22.7. The molecule has 1 amide bonds. The molecule has 1 N–H and O–H groups in total. The Bertz CT molecular complexity index is 1450. The summed E-state index contributed by atoms with van der Waals surface area (Å²) < 4.78 is 14.5. The molecule has 0 spiro atoms. The Hall–Kier alpha value is -3.48. The maximum atomic E-state index is 13.4. The van der Waals surface area contributed by atoms with Crippen LogP contribution in [0.25, 0.3) is 10.9 Å². The predicted octanol–water partition coefficient (Wildman–Crippen LogP) is 7.58. The topological polar surface area (TPSA) is 55.7 Å². The van der Waals surface area contributed by atoms with Gasteiger partial charge in [-0.3, -0.25) is 9.69 Å². The second-order valence-electron chi connectivity index (χ2n) is 10.1. The smallest absolute Gasteiger partial charge is 0.238 e. The van der Waals surface area contributed by atoms with E-state index in [1.165, 1.54) is 22.0 Å². The molecule has 0 saturated carbocycles. The number of rotatable bonds is 3. The first kappa shape index (κ1) is 27.1. The van der Waals surface area contributed by atoms with Crippen LogP contribution in [0, 0.1) is 0 Å². The van der Waals surface area contributed by atoms with Crippen molar-refractivity contribution >= 4 is 34.1 Å². The first-order valence-electron chi connectivity index (χ1n) is 13.8. The Balaban J connectivity index is 1.41. The summed E-state index contributed by atoms with van der Waals surface area (Å²) in [5.74, 6) is 1.70. The van der Waals surface area contributed by atoms with Crippen molar-refractivity contribution in [3.05, 3.63) is 83.0 Å². The number of fused-ring (bicyclic) bond motifs is 3. The Morgan fingerprint density at radius 1 is 0.923 bits per heavy atom. The molecule has 7 heteroatoms. The minimum Gasteiger partial charge on any atom is -0.490 e. The Labute approximate surface area is 235 Å². The number of para-hydroxylation sites is 3. The van der Waals surface area contributed by atoms with Crippen molar-refractivity contribution in [2.75, 3.05) is 25.0 Å². The van der Waals surface area contributed by atoms with Crippen LogP contribution in [0.1, 0.15) is 43.7 Å². The SMILES string of the molecule is CCc1cccc2c(CN3CCCCCCOc4ccccc4Oc4ccc(Cl)cc4NC(=O)C3)cn(C)c12. The number of anilines is 1. The number of nitrogens with one attached hydrogen (secondary N) is 1. The van der Waals surface area contributed by atoms with Gasteiger partial charge < -0.3 is 19.4 Å². The number of amides is 1. The van der Waals surface area contributed by atoms with E-state index in [2.05, 4.69) is 53.2 Å². The van der Waals surface area contributed by atoms with E-state index in [1.54, 1.807) is 18.2 Å². The highest BCUT2D eigenvalue weighted by molar-refractivity contribution is 6.31. The van der Waals surface area contributed by atoms with Crippen LogP contribution in [-0.4, -0.2) is 35.1 Å². The van der Waals surface area contributed by atoms with Crippen molar-refractivity contribution in [2.24, 2.45) is 7.05 Å². The lowest BCUT2D eigenvalue weighted by molar-refractivity contribution is -0.117. The molecule has 1 aromatic heterocycles. The molecule has 0 radical (unpaired) electrons. The van der Waals surface area contributed by atoms with Gasteiger partial charge >= 0.3 is 0 Å². The van der Waals surface area contributed by atoms with E-state index in [0.29, 0.717) is 41.1 Å². The predicted molar refractivity (Wildman–Crippen MR) is 158 cm³/mol. The van der Waals surface area contributed by atoms with Gasteiger partial charge in [0.05, 0.1) is 24.4 Å². The summed E-state index contributed by atoms with van der Waals surface area (Å²) in [5, 5.41) is 4.83. The van der Waals surface area contributed by atoms with Crippen molar-refractivity contribution in [2.45, 2.75) is 45.6 Å². The van der Waals surface area contributed by atoms with Gasteiger partial charge in [-0.1, -0.05) is 61.7 Å². The van der Waals surface area contributed by atoms with E-state index >= 15 is 0 Å². The molecule has 1 aliphatic rings. The summed E-state index contributed by atoms with van der Waals surface area (Å²) in [6.07, 6.45) is 7.31. The van der Waals surface area contributed by atoms with Gasteiger partial charge in [-0.25, -0.2) is 0 Å². The quantitative estimate of drug-likeness (QED) is 0.288. The zero-order chi connectivity index (χ0) is 27.2. The van der Waals surface area contributed by atoms with Crippen LogP contribution in [0.2, 0.25) is 5.02 Å². The largest absolute Gasteiger partial charge is 0.490 e. The van der Waals surface area contributed by atoms with Crippen molar-refractivity contribution in [1.82, 2.24) is 9.47 Å². The highest BCUT2D eigenvalue weighted by Gasteiger charge is 2.18. The second-order valence-corrected chi connectivity index (χ2v) is 10.6. The molecule has 204 valence electrons. The molecule has 5 rings (SSSR count). The molecular formula is C32H36ClN3O3. The summed E-state index contributed by atoms with van der Waals surface area (Å²) in [4.78, 5) is 15.6. The molecule has 0 bridgehead atoms. The average molecular weight is 546 g/mol. The fraction of sp³-hybridized carbons (Fsp3) is 0.344. The highest BCUT2D eigenvalue weighted by atomic mass is 35.5. The zero-order valence-corrected chi connectivity index (χ0v) is 23.5. The fourth-order valence-corrected chi connectivity index (χ4v) is 5.50. The Morgan fingerprint density at radius 2 is 1.74 bits per heavy atom. The molecule has 4 aromatic rings.